The Bertz CT molecular complexity index is 334. The number of benzene rings is 1. The zero-order chi connectivity index (χ0) is 10.7. The Balaban J connectivity index is 2.11. The van der Waals surface area contributed by atoms with Crippen molar-refractivity contribution in [1.82, 2.24) is 10.0 Å². The van der Waals surface area contributed by atoms with Crippen LogP contribution in [0.4, 0.5) is 0 Å². The highest BCUT2D eigenvalue weighted by Gasteiger charge is 2.24. The van der Waals surface area contributed by atoms with Gasteiger partial charge in [-0.05, 0) is 12.0 Å². The van der Waals surface area contributed by atoms with Crippen LogP contribution in [0, 0.1) is 0 Å². The molecule has 1 aromatic carbocycles. The number of hydrogen-bond acceptors (Lipinski definition) is 3. The largest absolute Gasteiger partial charge is 0.294 e. The Labute approximate surface area is 91.0 Å². The fourth-order valence-corrected chi connectivity index (χ4v) is 1.83. The van der Waals surface area contributed by atoms with E-state index in [2.05, 4.69) is 53.2 Å². The van der Waals surface area contributed by atoms with Crippen LogP contribution < -0.4 is 0 Å². The lowest BCUT2D eigenvalue weighted by molar-refractivity contribution is 0.0610. The molecule has 0 spiro atoms. The van der Waals surface area contributed by atoms with E-state index in [1.54, 1.807) is 0 Å². The van der Waals surface area contributed by atoms with E-state index < -0.39 is 0 Å². The first kappa shape index (κ1) is 10.2. The van der Waals surface area contributed by atoms with Gasteiger partial charge in [0.1, 0.15) is 12.5 Å². The van der Waals surface area contributed by atoms with E-state index in [4.69, 9.17) is 0 Å². The Kier molecular flexibility index (Phi) is 3.02. The lowest BCUT2D eigenvalue weighted by Crippen LogP contribution is -2.35. The predicted molar refractivity (Wildman–Crippen MR) is 62.4 cm³/mol. The zero-order valence-electron chi connectivity index (χ0n) is 9.30. The minimum atomic E-state index is 0.151. The van der Waals surface area contributed by atoms with Crippen LogP contribution in [0.1, 0.15) is 25.1 Å². The second kappa shape index (κ2) is 4.45. The van der Waals surface area contributed by atoms with Crippen molar-refractivity contribution in [2.24, 2.45) is 4.99 Å². The Morgan fingerprint density at radius 2 is 2.00 bits per heavy atom. The van der Waals surface area contributed by atoms with Crippen LogP contribution in [0.5, 0.6) is 0 Å². The second-order valence-corrected chi connectivity index (χ2v) is 3.79. The molecule has 0 amide bonds. The van der Waals surface area contributed by atoms with E-state index in [9.17, 15) is 0 Å². The summed E-state index contributed by atoms with van der Waals surface area (Å²) in [5, 5.41) is 4.34. The molecule has 0 saturated heterocycles. The fraction of sp³-hybridized carbons (Fsp3) is 0.417. The van der Waals surface area contributed by atoms with Crippen LogP contribution >= 0.6 is 0 Å². The molecule has 2 rings (SSSR count). The maximum Gasteiger partial charge on any atom is 0.146 e. The van der Waals surface area contributed by atoms with Gasteiger partial charge in [-0.2, -0.15) is 5.01 Å². The molecule has 15 heavy (non-hydrogen) atoms. The SMILES string of the molecule is CCCN1C=NC(c2ccccc2)N1C. The average molecular weight is 203 g/mol. The third kappa shape index (κ3) is 2.02. The van der Waals surface area contributed by atoms with Crippen LogP contribution in [0.3, 0.4) is 0 Å². The Morgan fingerprint density at radius 1 is 1.27 bits per heavy atom. The molecule has 0 bridgehead atoms. The molecule has 1 heterocycles. The molecule has 0 radical (unpaired) electrons. The van der Waals surface area contributed by atoms with Crippen molar-refractivity contribution in [3.63, 3.8) is 0 Å². The normalized spacial score (nSPS) is 21.2. The van der Waals surface area contributed by atoms with E-state index >= 15 is 0 Å². The molecule has 0 saturated carbocycles. The molecule has 3 nitrogen and oxygen atoms in total. The quantitative estimate of drug-likeness (QED) is 0.750. The first-order valence-corrected chi connectivity index (χ1v) is 5.40. The molecule has 1 atom stereocenters. The highest BCUT2D eigenvalue weighted by atomic mass is 15.7. The summed E-state index contributed by atoms with van der Waals surface area (Å²) in [4.78, 5) is 4.51. The van der Waals surface area contributed by atoms with Crippen LogP contribution in [0.2, 0.25) is 0 Å². The van der Waals surface area contributed by atoms with Crippen LogP contribution in [-0.4, -0.2) is 29.9 Å². The lowest BCUT2D eigenvalue weighted by Gasteiger charge is -2.27. The van der Waals surface area contributed by atoms with Crippen molar-refractivity contribution in [1.29, 1.82) is 0 Å². The summed E-state index contributed by atoms with van der Waals surface area (Å²) in [6, 6.07) is 10.4. The number of hydrogen-bond donors (Lipinski definition) is 0. The first-order valence-electron chi connectivity index (χ1n) is 5.40. The summed E-state index contributed by atoms with van der Waals surface area (Å²) in [6.07, 6.45) is 3.22. The summed E-state index contributed by atoms with van der Waals surface area (Å²) in [6.45, 7) is 3.21. The van der Waals surface area contributed by atoms with Crippen LogP contribution in [-0.2, 0) is 0 Å². The molecule has 1 aliphatic heterocycles. The van der Waals surface area contributed by atoms with E-state index in [-0.39, 0.29) is 6.17 Å². The average Bonchev–Trinajstić information content (AvgIpc) is 2.63. The van der Waals surface area contributed by atoms with Gasteiger partial charge in [0.15, 0.2) is 0 Å². The summed E-state index contributed by atoms with van der Waals surface area (Å²) >= 11 is 0. The molecule has 80 valence electrons. The zero-order valence-corrected chi connectivity index (χ0v) is 9.30. The predicted octanol–water partition coefficient (Wildman–Crippen LogP) is 2.29. The van der Waals surface area contributed by atoms with Gasteiger partial charge in [-0.25, -0.2) is 4.99 Å². The molecule has 0 N–H and O–H groups in total. The molecule has 1 unspecified atom stereocenters. The number of nitrogens with zero attached hydrogens (tertiary/aromatic N) is 3. The minimum Gasteiger partial charge on any atom is -0.294 e. The maximum absolute atomic E-state index is 4.51. The van der Waals surface area contributed by atoms with Crippen molar-refractivity contribution in [2.45, 2.75) is 19.5 Å². The standard InChI is InChI=1S/C12H17N3/c1-3-9-15-10-13-12(14(15)2)11-7-5-4-6-8-11/h4-8,10,12H,3,9H2,1-2H3. The fourth-order valence-electron chi connectivity index (χ4n) is 1.83. The van der Waals surface area contributed by atoms with Gasteiger partial charge in [-0.15, -0.1) is 0 Å². The molecule has 0 fully saturated rings. The van der Waals surface area contributed by atoms with E-state index in [1.165, 1.54) is 5.56 Å². The topological polar surface area (TPSA) is 18.8 Å². The van der Waals surface area contributed by atoms with Gasteiger partial charge in [0.2, 0.25) is 0 Å². The molecule has 3 heteroatoms. The van der Waals surface area contributed by atoms with Crippen molar-refractivity contribution in [3.8, 4) is 0 Å². The molecule has 1 aromatic rings. The van der Waals surface area contributed by atoms with Gasteiger partial charge in [0.05, 0.1) is 0 Å². The second-order valence-electron chi connectivity index (χ2n) is 3.79. The maximum atomic E-state index is 4.51. The Hall–Kier alpha value is -1.35. The van der Waals surface area contributed by atoms with E-state index in [1.807, 2.05) is 12.4 Å². The smallest absolute Gasteiger partial charge is 0.146 e. The molecular formula is C12H17N3. The van der Waals surface area contributed by atoms with Crippen molar-refractivity contribution >= 4 is 6.34 Å². The third-order valence-electron chi connectivity index (χ3n) is 2.65. The first-order chi connectivity index (χ1) is 7.33. The van der Waals surface area contributed by atoms with Gasteiger partial charge < -0.3 is 0 Å². The van der Waals surface area contributed by atoms with Gasteiger partial charge >= 0.3 is 0 Å². The van der Waals surface area contributed by atoms with Crippen molar-refractivity contribution in [3.05, 3.63) is 35.9 Å². The van der Waals surface area contributed by atoms with Gasteiger partial charge in [0, 0.05) is 13.6 Å². The number of aliphatic imine (C=N–C) groups is 1. The van der Waals surface area contributed by atoms with E-state index in [0.29, 0.717) is 0 Å². The van der Waals surface area contributed by atoms with Gasteiger partial charge in [-0.1, -0.05) is 37.3 Å². The highest BCUT2D eigenvalue weighted by Crippen LogP contribution is 2.25. The summed E-state index contributed by atoms with van der Waals surface area (Å²) in [5.41, 5.74) is 1.25. The minimum absolute atomic E-state index is 0.151. The monoisotopic (exact) mass is 203 g/mol. The highest BCUT2D eigenvalue weighted by molar-refractivity contribution is 5.57. The van der Waals surface area contributed by atoms with Gasteiger partial charge in [-0.3, -0.25) is 5.01 Å². The summed E-state index contributed by atoms with van der Waals surface area (Å²) in [7, 11) is 2.08. The van der Waals surface area contributed by atoms with Crippen LogP contribution in [0.25, 0.3) is 0 Å². The third-order valence-corrected chi connectivity index (χ3v) is 2.65. The summed E-state index contributed by atoms with van der Waals surface area (Å²) in [5.74, 6) is 0. The molecule has 0 aromatic heterocycles. The molecular weight excluding hydrogens is 186 g/mol. The molecule has 1 aliphatic rings. The number of hydrazine groups is 1. The number of rotatable bonds is 3. The lowest BCUT2D eigenvalue weighted by atomic mass is 10.2. The van der Waals surface area contributed by atoms with Crippen molar-refractivity contribution in [2.75, 3.05) is 13.6 Å². The van der Waals surface area contributed by atoms with Crippen LogP contribution in [0.15, 0.2) is 35.3 Å². The van der Waals surface area contributed by atoms with E-state index in [0.717, 1.165) is 13.0 Å². The van der Waals surface area contributed by atoms with Gasteiger partial charge in [0.25, 0.3) is 0 Å². The summed E-state index contributed by atoms with van der Waals surface area (Å²) < 4.78 is 0. The molecule has 0 aliphatic carbocycles. The Morgan fingerprint density at radius 3 is 2.67 bits per heavy atom. The van der Waals surface area contributed by atoms with Crippen molar-refractivity contribution < 1.29 is 0 Å².